The van der Waals surface area contributed by atoms with Crippen LogP contribution in [0.25, 0.3) is 0 Å². The summed E-state index contributed by atoms with van der Waals surface area (Å²) >= 11 is 0. The molecule has 1 aliphatic rings. The maximum Gasteiger partial charge on any atom is 0.317 e. The molecule has 0 saturated carbocycles. The molecule has 6 nitrogen and oxygen atoms in total. The van der Waals surface area contributed by atoms with Gasteiger partial charge in [0.2, 0.25) is 0 Å². The van der Waals surface area contributed by atoms with Crippen LogP contribution in [-0.4, -0.2) is 51.4 Å². The number of hydrogen-bond acceptors (Lipinski definition) is 6. The molecular formula is C16H44O6Si6. The molecule has 1 atom stereocenters. The summed E-state index contributed by atoms with van der Waals surface area (Å²) in [5, 5.41) is 0. The maximum atomic E-state index is 6.81. The Bertz CT molecular complexity index is 504. The Balaban J connectivity index is 3.36. The summed E-state index contributed by atoms with van der Waals surface area (Å²) < 4.78 is 39.9. The fourth-order valence-electron chi connectivity index (χ4n) is 4.39. The fraction of sp³-hybridized carbons (Fsp3) is 1.00. The standard InChI is InChI=1S/C16H44O6Si6/c1-14-16(2)15-28(13)21-26(9,10)19-24(5,6)17-23(3,4)18-25(7,8)20-27(11,12)22-28/h16H,14-15H2,1-13H3. The van der Waals surface area contributed by atoms with Crippen LogP contribution in [0.5, 0.6) is 0 Å². The van der Waals surface area contributed by atoms with Gasteiger partial charge in [-0.1, -0.05) is 20.3 Å². The summed E-state index contributed by atoms with van der Waals surface area (Å²) in [5.41, 5.74) is 0. The molecule has 1 heterocycles. The molecule has 0 aromatic rings. The zero-order valence-electron chi connectivity index (χ0n) is 20.4. The molecule has 1 saturated heterocycles. The van der Waals surface area contributed by atoms with E-state index < -0.39 is 51.4 Å². The molecule has 28 heavy (non-hydrogen) atoms. The van der Waals surface area contributed by atoms with Crippen LogP contribution in [0.1, 0.15) is 20.3 Å². The minimum absolute atomic E-state index is 0.536. The van der Waals surface area contributed by atoms with Crippen molar-refractivity contribution in [2.75, 3.05) is 0 Å². The normalized spacial score (nSPS) is 29.9. The van der Waals surface area contributed by atoms with E-state index in [9.17, 15) is 0 Å². The second kappa shape index (κ2) is 8.90. The quantitative estimate of drug-likeness (QED) is 0.461. The molecule has 1 aliphatic heterocycles. The van der Waals surface area contributed by atoms with Gasteiger partial charge >= 0.3 is 51.4 Å². The van der Waals surface area contributed by atoms with Crippen molar-refractivity contribution >= 4 is 51.4 Å². The third-order valence-corrected chi connectivity index (χ3v) is 28.9. The first-order valence-corrected chi connectivity index (χ1v) is 27.0. The van der Waals surface area contributed by atoms with Crippen molar-refractivity contribution < 1.29 is 24.7 Å². The number of rotatable bonds is 3. The molecule has 1 rings (SSSR count). The highest BCUT2D eigenvalue weighted by Gasteiger charge is 2.52. The predicted molar refractivity (Wildman–Crippen MR) is 130 cm³/mol. The van der Waals surface area contributed by atoms with Crippen LogP contribution in [0.3, 0.4) is 0 Å². The molecular weight excluding hydrogens is 457 g/mol. The molecule has 1 fully saturated rings. The van der Waals surface area contributed by atoms with Gasteiger partial charge in [-0.3, -0.25) is 0 Å². The molecule has 0 aliphatic carbocycles. The molecule has 0 radical (unpaired) electrons. The first-order chi connectivity index (χ1) is 12.2. The molecule has 1 unspecified atom stereocenters. The zero-order chi connectivity index (χ0) is 22.2. The number of hydrogen-bond donors (Lipinski definition) is 0. The van der Waals surface area contributed by atoms with Crippen LogP contribution in [0.2, 0.25) is 78.1 Å². The lowest BCUT2D eigenvalue weighted by Crippen LogP contribution is -2.64. The Morgan fingerprint density at radius 3 is 1.00 bits per heavy atom. The van der Waals surface area contributed by atoms with Crippen LogP contribution in [0.4, 0.5) is 0 Å². The van der Waals surface area contributed by atoms with Crippen molar-refractivity contribution in [3.63, 3.8) is 0 Å². The summed E-state index contributed by atoms with van der Waals surface area (Å²) in [6.07, 6.45) is 1.10. The lowest BCUT2D eigenvalue weighted by atomic mass is 10.2. The van der Waals surface area contributed by atoms with Crippen LogP contribution in [-0.2, 0) is 24.7 Å². The van der Waals surface area contributed by atoms with Crippen molar-refractivity contribution in [3.8, 4) is 0 Å². The molecule has 0 bridgehead atoms. The van der Waals surface area contributed by atoms with Gasteiger partial charge in [-0.05, 0) is 84.0 Å². The largest absolute Gasteiger partial charge is 0.416 e. The van der Waals surface area contributed by atoms with Gasteiger partial charge in [0.15, 0.2) is 0 Å². The molecule has 0 amide bonds. The Hall–Kier alpha value is 1.06. The minimum Gasteiger partial charge on any atom is -0.416 e. The topological polar surface area (TPSA) is 55.4 Å². The van der Waals surface area contributed by atoms with Gasteiger partial charge in [0.25, 0.3) is 0 Å². The first kappa shape index (κ1) is 27.1. The Morgan fingerprint density at radius 2 is 0.750 bits per heavy atom. The highest BCUT2D eigenvalue weighted by atomic mass is 28.5. The first-order valence-electron chi connectivity index (χ1n) is 10.4. The van der Waals surface area contributed by atoms with Crippen LogP contribution >= 0.6 is 0 Å². The monoisotopic (exact) mass is 500 g/mol. The van der Waals surface area contributed by atoms with Crippen LogP contribution in [0, 0.1) is 5.92 Å². The van der Waals surface area contributed by atoms with E-state index in [2.05, 4.69) is 85.9 Å². The molecule has 0 N–H and O–H groups in total. The molecule has 0 aromatic carbocycles. The van der Waals surface area contributed by atoms with E-state index >= 15 is 0 Å². The zero-order valence-corrected chi connectivity index (χ0v) is 26.4. The summed E-state index contributed by atoms with van der Waals surface area (Å²) in [5.74, 6) is 0.536. The SMILES string of the molecule is CCC(C)C[Si]1(C)O[Si](C)(C)O[Si](C)(C)O[Si](C)(C)O[Si](C)(C)O[Si](C)(C)O1. The third-order valence-electron chi connectivity index (χ3n) is 4.31. The van der Waals surface area contributed by atoms with Crippen molar-refractivity contribution in [1.82, 2.24) is 0 Å². The van der Waals surface area contributed by atoms with E-state index in [1.54, 1.807) is 0 Å². The van der Waals surface area contributed by atoms with E-state index in [0.29, 0.717) is 5.92 Å². The summed E-state index contributed by atoms with van der Waals surface area (Å²) in [6, 6.07) is 0.939. The van der Waals surface area contributed by atoms with Gasteiger partial charge in [-0.25, -0.2) is 0 Å². The van der Waals surface area contributed by atoms with Crippen molar-refractivity contribution in [3.05, 3.63) is 0 Å². The summed E-state index contributed by atoms with van der Waals surface area (Å²) in [6.45, 7) is 27.7. The van der Waals surface area contributed by atoms with E-state index in [1.807, 2.05) is 0 Å². The van der Waals surface area contributed by atoms with Gasteiger partial charge in [-0.2, -0.15) is 0 Å². The second-order valence-electron chi connectivity index (χ2n) is 10.5. The fourth-order valence-corrected chi connectivity index (χ4v) is 37.1. The van der Waals surface area contributed by atoms with Crippen molar-refractivity contribution in [2.24, 2.45) is 5.92 Å². The molecule has 12 heteroatoms. The predicted octanol–water partition coefficient (Wildman–Crippen LogP) is 5.73. The highest BCUT2D eigenvalue weighted by molar-refractivity contribution is 6.93. The van der Waals surface area contributed by atoms with Crippen LogP contribution in [0.15, 0.2) is 0 Å². The van der Waals surface area contributed by atoms with Gasteiger partial charge < -0.3 is 24.7 Å². The van der Waals surface area contributed by atoms with Crippen LogP contribution < -0.4 is 0 Å². The van der Waals surface area contributed by atoms with E-state index in [4.69, 9.17) is 24.7 Å². The van der Waals surface area contributed by atoms with E-state index in [1.165, 1.54) is 0 Å². The minimum atomic E-state index is -2.51. The Kier molecular flexibility index (Phi) is 8.61. The van der Waals surface area contributed by atoms with Crippen molar-refractivity contribution in [2.45, 2.75) is 98.3 Å². The smallest absolute Gasteiger partial charge is 0.317 e. The van der Waals surface area contributed by atoms with E-state index in [0.717, 1.165) is 12.5 Å². The maximum absolute atomic E-state index is 6.81. The summed E-state index contributed by atoms with van der Waals surface area (Å²) in [4.78, 5) is 0. The Morgan fingerprint density at radius 1 is 0.500 bits per heavy atom. The molecule has 168 valence electrons. The van der Waals surface area contributed by atoms with Gasteiger partial charge in [0, 0.05) is 0 Å². The average Bonchev–Trinajstić information content (AvgIpc) is 2.27. The van der Waals surface area contributed by atoms with Gasteiger partial charge in [0.1, 0.15) is 0 Å². The van der Waals surface area contributed by atoms with Gasteiger partial charge in [0.05, 0.1) is 0 Å². The third kappa shape index (κ3) is 9.47. The second-order valence-corrected chi connectivity index (χ2v) is 32.0. The van der Waals surface area contributed by atoms with E-state index in [-0.39, 0.29) is 0 Å². The lowest BCUT2D eigenvalue weighted by molar-refractivity contribution is 0.234. The molecule has 0 spiro atoms. The molecule has 0 aromatic heterocycles. The average molecular weight is 501 g/mol. The van der Waals surface area contributed by atoms with Crippen molar-refractivity contribution in [1.29, 1.82) is 0 Å². The summed E-state index contributed by atoms with van der Waals surface area (Å²) in [7, 11) is -14.7. The van der Waals surface area contributed by atoms with Gasteiger partial charge in [-0.15, -0.1) is 0 Å². The highest BCUT2D eigenvalue weighted by Crippen LogP contribution is 2.34. The Labute approximate surface area is 180 Å². The lowest BCUT2D eigenvalue weighted by Gasteiger charge is -2.47.